The van der Waals surface area contributed by atoms with E-state index in [1.807, 2.05) is 42.3 Å². The fourth-order valence-corrected chi connectivity index (χ4v) is 17.4. The van der Waals surface area contributed by atoms with Gasteiger partial charge in [-0.3, -0.25) is 48.9 Å². The molecule has 20 heterocycles. The second-order valence-corrected chi connectivity index (χ2v) is 36.2. The minimum absolute atomic E-state index is 0.0142. The Hall–Kier alpha value is -18.5. The molecule has 1 atom stereocenters. The summed E-state index contributed by atoms with van der Waals surface area (Å²) in [6.07, 6.45) is 39.5. The molecule has 1 unspecified atom stereocenters. The first-order valence-electron chi connectivity index (χ1n) is 47.4. The fraction of sp³-hybridized carbons (Fsp3) is 0.337. The Morgan fingerprint density at radius 1 is 0.361 bits per heavy atom. The summed E-state index contributed by atoms with van der Waals surface area (Å²) in [5.74, 6) is -2.70. The van der Waals surface area contributed by atoms with Gasteiger partial charge in [-0.15, -0.1) is 25.5 Å². The molecule has 5 saturated heterocycles. The van der Waals surface area contributed by atoms with Crippen LogP contribution in [0.5, 0.6) is 0 Å². The number of rotatable bonds is 20. The van der Waals surface area contributed by atoms with Crippen molar-refractivity contribution < 1.29 is 28.4 Å². The van der Waals surface area contributed by atoms with E-state index in [4.69, 9.17) is 49.7 Å². The lowest BCUT2D eigenvalue weighted by molar-refractivity contribution is 0.102. The molecule has 0 bridgehead atoms. The third-order valence-electron chi connectivity index (χ3n) is 25.6. The second-order valence-electron chi connectivity index (χ2n) is 36.2. The number of likely N-dealkylation sites (N-methyl/N-ethyl adjacent to an activating group) is 3. The van der Waals surface area contributed by atoms with Gasteiger partial charge in [-0.25, -0.2) is 51.9 Å². The molecule has 5 fully saturated rings. The highest BCUT2D eigenvalue weighted by molar-refractivity contribution is 6.16. The van der Waals surface area contributed by atoms with Crippen LogP contribution in [0.4, 0.5) is 90.4 Å². The number of halogens is 1. The number of hydrogen-bond acceptors (Lipinski definition) is 38. The molecule has 15 aromatic rings. The van der Waals surface area contributed by atoms with Crippen LogP contribution in [0, 0.1) is 62.5 Å². The third kappa shape index (κ3) is 23.1. The van der Waals surface area contributed by atoms with Crippen LogP contribution < -0.4 is 79.8 Å². The van der Waals surface area contributed by atoms with Crippen molar-refractivity contribution in [3.8, 4) is 30.3 Å². The van der Waals surface area contributed by atoms with E-state index in [2.05, 4.69) is 175 Å². The summed E-state index contributed by atoms with van der Waals surface area (Å²) in [6.45, 7) is 19.2. The molecule has 15 N–H and O–H groups in total. The van der Waals surface area contributed by atoms with Gasteiger partial charge < -0.3 is 94.5 Å². The number of nitriles is 5. The van der Waals surface area contributed by atoms with Crippen LogP contribution in [-0.4, -0.2) is 268 Å². The number of fused-ring (bicyclic) bond motifs is 5. The summed E-state index contributed by atoms with van der Waals surface area (Å²) < 4.78 is 21.8. The van der Waals surface area contributed by atoms with Crippen molar-refractivity contribution in [2.24, 2.45) is 0 Å². The number of nitrogens with one attached hydrogen (secondary N) is 5. The first-order valence-corrected chi connectivity index (χ1v) is 47.4. The maximum absolute atomic E-state index is 14.6. The quantitative estimate of drug-likeness (QED) is 0.0348. The Balaban J connectivity index is 0.000000131. The van der Waals surface area contributed by atoms with Crippen molar-refractivity contribution in [2.45, 2.75) is 89.9 Å². The van der Waals surface area contributed by atoms with Crippen LogP contribution in [0.3, 0.4) is 0 Å². The number of amides is 5. The van der Waals surface area contributed by atoms with Gasteiger partial charge in [0.05, 0.1) is 149 Å². The van der Waals surface area contributed by atoms with Crippen molar-refractivity contribution in [1.29, 1.82) is 26.3 Å². The highest BCUT2D eigenvalue weighted by Crippen LogP contribution is 2.37. The van der Waals surface area contributed by atoms with Crippen molar-refractivity contribution in [3.05, 3.63) is 210 Å². The van der Waals surface area contributed by atoms with Crippen LogP contribution in [-0.2, 0) is 24.7 Å². The first kappa shape index (κ1) is 101. The van der Waals surface area contributed by atoms with Crippen LogP contribution in [0.2, 0.25) is 0 Å². The highest BCUT2D eigenvalue weighted by atomic mass is 19.1. The van der Waals surface area contributed by atoms with Crippen LogP contribution in [0.25, 0.3) is 28.2 Å². The summed E-state index contributed by atoms with van der Waals surface area (Å²) in [4.78, 5) is 125. The van der Waals surface area contributed by atoms with Crippen LogP contribution >= 0.6 is 0 Å². The van der Waals surface area contributed by atoms with Gasteiger partial charge in [-0.05, 0) is 91.9 Å². The van der Waals surface area contributed by atoms with E-state index in [0.717, 1.165) is 146 Å². The summed E-state index contributed by atoms with van der Waals surface area (Å²) in [5.41, 5.74) is 42.0. The molecule has 0 saturated carbocycles. The maximum atomic E-state index is 14.6. The summed E-state index contributed by atoms with van der Waals surface area (Å²) >= 11 is 0. The van der Waals surface area contributed by atoms with E-state index in [0.29, 0.717) is 91.9 Å². The number of hydrogen-bond donors (Lipinski definition) is 10. The Labute approximate surface area is 842 Å². The Kier molecular flexibility index (Phi) is 31.4. The van der Waals surface area contributed by atoms with Crippen molar-refractivity contribution in [2.75, 3.05) is 206 Å². The molecule has 0 spiro atoms. The lowest BCUT2D eigenvalue weighted by atomic mass is 9.89. The van der Waals surface area contributed by atoms with E-state index in [9.17, 15) is 33.6 Å². The topological polar surface area (TPSA) is 636 Å². The van der Waals surface area contributed by atoms with Crippen LogP contribution in [0.15, 0.2) is 148 Å². The van der Waals surface area contributed by atoms with Crippen molar-refractivity contribution >= 4 is 144 Å². The van der Waals surface area contributed by atoms with Crippen LogP contribution in [0.1, 0.15) is 145 Å². The molecule has 147 heavy (non-hydrogen) atoms. The molecule has 752 valence electrons. The number of anilines is 15. The smallest absolute Gasteiger partial charge is 0.263 e. The fourth-order valence-electron chi connectivity index (χ4n) is 17.4. The maximum Gasteiger partial charge on any atom is 0.263 e. The monoisotopic (exact) mass is 1990 g/mol. The Morgan fingerprint density at radius 2 is 0.646 bits per heavy atom. The van der Waals surface area contributed by atoms with Gasteiger partial charge in [-0.1, -0.05) is 12.8 Å². The molecule has 5 aliphatic rings. The molecule has 20 rings (SSSR count). The van der Waals surface area contributed by atoms with Gasteiger partial charge in [0.1, 0.15) is 33.5 Å². The number of carbonyl (C=O) groups excluding carboxylic acids is 5. The van der Waals surface area contributed by atoms with Gasteiger partial charge in [0.2, 0.25) is 0 Å². The zero-order valence-corrected chi connectivity index (χ0v) is 81.7. The number of aromatic nitrogens is 20. The van der Waals surface area contributed by atoms with E-state index in [1.54, 1.807) is 126 Å². The Morgan fingerprint density at radius 3 is 0.973 bits per heavy atom. The second kappa shape index (κ2) is 45.6. The predicted molar refractivity (Wildman–Crippen MR) is 550 cm³/mol. The van der Waals surface area contributed by atoms with E-state index >= 15 is 0 Å². The molecule has 5 aliphatic heterocycles. The molecule has 0 aromatic carbocycles. The number of nitrogens with two attached hydrogens (primary N) is 5. The van der Waals surface area contributed by atoms with Crippen molar-refractivity contribution in [3.63, 3.8) is 0 Å². The van der Waals surface area contributed by atoms with Gasteiger partial charge in [0, 0.05) is 219 Å². The number of pyridine rings is 5. The minimum atomic E-state index is -0.739. The van der Waals surface area contributed by atoms with E-state index < -0.39 is 34.9 Å². The molecule has 0 radical (unpaired) electrons. The Bertz CT molecular complexity index is 7630. The average Bonchev–Trinajstić information content (AvgIpc) is 1.65. The first-order chi connectivity index (χ1) is 71.1. The number of nitrogen functional groups attached to an aromatic ring is 5. The summed E-state index contributed by atoms with van der Waals surface area (Å²) in [7, 11) is 6.19. The summed E-state index contributed by atoms with van der Waals surface area (Å²) in [5, 5.41) is 80.3. The van der Waals surface area contributed by atoms with Gasteiger partial charge in [0.25, 0.3) is 29.5 Å². The standard InChI is InChI=1S/C21H25N9O.C20H23N9O.C20H22N8O.C19H20FN9O.C18H18N8O/c1-21(2,13-22)14-10-25-19-17(18(23)27-30(19)12-14)20(31)26-15-11-24-5-4-16(15)29-8-6-28(3)7-9-29;1-13(9-21)14-10-24-19-17(18(22)26-29(19)12-14)20(30)25-15-11-23-4-3-16(15)28-7-5-27(2)6-8-28;21-7-5-14-11-24-19-17(18(22)26-28(19)13-14)20(29)25-15-12-23-8-6-16(15)27-9-3-1-2-4-10-27;1-27-4-6-28(7-5-27)16-13(20)9-23-10-14(16)25-19(30)15-17(22)26-29-11-12(2-3-21)8-24-18(15)29;19-5-3-12-9-22-17-15(16(20)24-26(17)11-12)18(27)23-13-10-21-6-4-14(13)25-7-1-2-8-25/h4-5,10-12H,6-9H2,1-3H3,(H2,23,27)(H,26,31);3-4,10-13H,5-8H2,1-2H3,(H2,22,26)(H,25,30);6,8,11-13H,1-5,9-10H2,(H2,22,26)(H,25,29);8-11H,2,4-7H2,1H3,(H2,22,26)(H,25,30);4,6,9-11H,1-3,7-8H2,(H2,20,24)(H,23,27). The zero-order valence-electron chi connectivity index (χ0n) is 81.7. The lowest BCUT2D eigenvalue weighted by Crippen LogP contribution is -2.45. The van der Waals surface area contributed by atoms with Gasteiger partial charge in [-0.2, -0.15) is 26.3 Å². The van der Waals surface area contributed by atoms with E-state index in [1.165, 1.54) is 47.8 Å². The average molecular weight is 1990 g/mol. The molecule has 49 heteroatoms. The zero-order chi connectivity index (χ0) is 104. The molecular weight excluding hydrogens is 1880 g/mol. The number of nitrogens with zero attached hydrogens (tertiary/aromatic N) is 33. The molecule has 0 aliphatic carbocycles. The number of carbonyl (C=O) groups is 5. The minimum Gasteiger partial charge on any atom is -0.381 e. The highest BCUT2D eigenvalue weighted by Gasteiger charge is 2.33. The third-order valence-corrected chi connectivity index (χ3v) is 25.6. The lowest BCUT2D eigenvalue weighted by Gasteiger charge is -2.35. The largest absolute Gasteiger partial charge is 0.381 e. The predicted octanol–water partition coefficient (Wildman–Crippen LogP) is 7.80. The van der Waals surface area contributed by atoms with Gasteiger partial charge in [0.15, 0.2) is 63.1 Å². The number of piperazine rings is 3. The van der Waals surface area contributed by atoms with Crippen molar-refractivity contribution in [1.82, 2.24) is 113 Å². The molecular formula is C98H108FN43O5. The normalized spacial score (nSPS) is 14.7. The SMILES string of the molecule is CC(C#N)c1cnc2c(C(=O)Nc3cnccc3N3CCN(C)CC3)c(N)nn2c1.CN1CCN(c2c(F)cncc2NC(=O)c2c(N)nn3cc(CC#N)cnc23)CC1.CN1CCN(c2ccncc2NC(=O)c2c(N)nn3cc(C(C)(C)C#N)cnc23)CC1.N#CCc1cnc2c(C(=O)Nc3cnccc3N3CCCC3)c(N)nn2c1.N#CCc1cnc2c(C(=O)Nc3cnccc3N3CCCCCC3)c(N)nn2c1. The molecule has 48 nitrogen and oxygen atoms in total. The van der Waals surface area contributed by atoms with E-state index in [-0.39, 0.29) is 99.3 Å². The van der Waals surface area contributed by atoms with Gasteiger partial charge >= 0.3 is 0 Å². The molecule has 15 aromatic heterocycles. The summed E-state index contributed by atoms with van der Waals surface area (Å²) in [6, 6.07) is 18.2. The molecule has 5 amide bonds.